The molecule has 0 aliphatic carbocycles. The molecule has 1 aromatic carbocycles. The molecule has 4 nitrogen and oxygen atoms in total. The first-order valence-electron chi connectivity index (χ1n) is 5.77. The maximum atomic E-state index is 13.0. The summed E-state index contributed by atoms with van der Waals surface area (Å²) in [5.74, 6) is 0.107. The molecule has 0 aliphatic heterocycles. The molecule has 1 heterocycles. The summed E-state index contributed by atoms with van der Waals surface area (Å²) in [6.45, 7) is 1.72. The van der Waals surface area contributed by atoms with Crippen LogP contribution in [0.2, 0.25) is 0 Å². The largest absolute Gasteiger partial charge is 0.469 e. The smallest absolute Gasteiger partial charge is 0.240 e. The maximum absolute atomic E-state index is 13.0. The summed E-state index contributed by atoms with van der Waals surface area (Å²) in [7, 11) is -3.72. The van der Waals surface area contributed by atoms with Crippen LogP contribution in [0.4, 0.5) is 4.39 Å². The lowest BCUT2D eigenvalue weighted by Gasteiger charge is -2.13. The molecule has 0 bridgehead atoms. The number of furan rings is 1. The van der Waals surface area contributed by atoms with Crippen LogP contribution < -0.4 is 4.72 Å². The highest BCUT2D eigenvalue weighted by Gasteiger charge is 2.18. The zero-order valence-corrected chi connectivity index (χ0v) is 11.2. The van der Waals surface area contributed by atoms with Gasteiger partial charge in [-0.3, -0.25) is 0 Å². The Morgan fingerprint density at radius 1 is 1.32 bits per heavy atom. The predicted octanol–water partition coefficient (Wildman–Crippen LogP) is 2.33. The van der Waals surface area contributed by atoms with Gasteiger partial charge in [0.15, 0.2) is 0 Å². The van der Waals surface area contributed by atoms with Crippen LogP contribution in [0, 0.1) is 5.82 Å². The van der Waals surface area contributed by atoms with E-state index in [0.29, 0.717) is 12.2 Å². The fraction of sp³-hybridized carbons (Fsp3) is 0.231. The molecule has 0 spiro atoms. The van der Waals surface area contributed by atoms with Crippen molar-refractivity contribution in [1.82, 2.24) is 4.72 Å². The number of rotatable bonds is 5. The summed E-state index contributed by atoms with van der Waals surface area (Å²) in [5.41, 5.74) is 0. The molecule has 102 valence electrons. The zero-order valence-electron chi connectivity index (χ0n) is 10.3. The second-order valence-corrected chi connectivity index (χ2v) is 5.98. The summed E-state index contributed by atoms with van der Waals surface area (Å²) in [6.07, 6.45) is 1.96. The second kappa shape index (κ2) is 5.54. The molecular formula is C13H14FNO3S. The van der Waals surface area contributed by atoms with E-state index in [1.54, 1.807) is 19.1 Å². The second-order valence-electron chi connectivity index (χ2n) is 4.26. The lowest BCUT2D eigenvalue weighted by Crippen LogP contribution is -2.34. The topological polar surface area (TPSA) is 59.3 Å². The van der Waals surface area contributed by atoms with Crippen molar-refractivity contribution in [2.24, 2.45) is 0 Å². The molecule has 2 aromatic rings. The molecule has 0 saturated heterocycles. The highest BCUT2D eigenvalue weighted by molar-refractivity contribution is 7.89. The Hall–Kier alpha value is -1.66. The third-order valence-corrected chi connectivity index (χ3v) is 4.14. The number of hydrogen-bond donors (Lipinski definition) is 1. The van der Waals surface area contributed by atoms with E-state index in [9.17, 15) is 12.8 Å². The Labute approximate surface area is 111 Å². The lowest BCUT2D eigenvalue weighted by molar-refractivity contribution is 0.479. The third kappa shape index (κ3) is 3.65. The quantitative estimate of drug-likeness (QED) is 0.916. The van der Waals surface area contributed by atoms with Crippen LogP contribution in [0.1, 0.15) is 12.7 Å². The molecule has 1 aromatic heterocycles. The molecule has 0 saturated carbocycles. The third-order valence-electron chi connectivity index (χ3n) is 2.55. The van der Waals surface area contributed by atoms with Gasteiger partial charge < -0.3 is 4.42 Å². The maximum Gasteiger partial charge on any atom is 0.240 e. The summed E-state index contributed by atoms with van der Waals surface area (Å²) < 4.78 is 44.7. The van der Waals surface area contributed by atoms with E-state index in [-0.39, 0.29) is 10.9 Å². The van der Waals surface area contributed by atoms with Crippen LogP contribution in [-0.2, 0) is 16.4 Å². The summed E-state index contributed by atoms with van der Waals surface area (Å²) in [4.78, 5) is -0.0844. The first-order chi connectivity index (χ1) is 8.97. The van der Waals surface area contributed by atoms with Gasteiger partial charge in [-0.1, -0.05) is 6.07 Å². The van der Waals surface area contributed by atoms with Crippen molar-refractivity contribution in [2.45, 2.75) is 24.3 Å². The van der Waals surface area contributed by atoms with E-state index < -0.39 is 15.8 Å². The fourth-order valence-corrected chi connectivity index (χ4v) is 3.01. The van der Waals surface area contributed by atoms with E-state index in [1.807, 2.05) is 0 Å². The van der Waals surface area contributed by atoms with Gasteiger partial charge in [-0.2, -0.15) is 0 Å². The van der Waals surface area contributed by atoms with Gasteiger partial charge in [-0.05, 0) is 37.3 Å². The minimum absolute atomic E-state index is 0.0844. The van der Waals surface area contributed by atoms with Gasteiger partial charge in [0.25, 0.3) is 0 Å². The van der Waals surface area contributed by atoms with Gasteiger partial charge in [-0.15, -0.1) is 0 Å². The van der Waals surface area contributed by atoms with E-state index >= 15 is 0 Å². The van der Waals surface area contributed by atoms with Crippen LogP contribution in [0.25, 0.3) is 0 Å². The highest BCUT2D eigenvalue weighted by atomic mass is 32.2. The van der Waals surface area contributed by atoms with Crippen LogP contribution >= 0.6 is 0 Å². The van der Waals surface area contributed by atoms with Gasteiger partial charge in [0.2, 0.25) is 10.0 Å². The Bertz CT molecular complexity index is 638. The minimum atomic E-state index is -3.72. The molecule has 6 heteroatoms. The first-order valence-corrected chi connectivity index (χ1v) is 7.26. The standard InChI is InChI=1S/C13H14FNO3S/c1-10(8-12-5-3-7-18-12)15-19(16,17)13-6-2-4-11(14)9-13/h2-7,9-10,15H,8H2,1H3/t10-/m0/s1. The molecule has 2 rings (SSSR count). The van der Waals surface area contributed by atoms with Gasteiger partial charge in [0.05, 0.1) is 11.2 Å². The number of nitrogens with one attached hydrogen (secondary N) is 1. The predicted molar refractivity (Wildman–Crippen MR) is 68.6 cm³/mol. The van der Waals surface area contributed by atoms with Crippen molar-refractivity contribution in [3.05, 3.63) is 54.2 Å². The van der Waals surface area contributed by atoms with Crippen molar-refractivity contribution in [3.63, 3.8) is 0 Å². The van der Waals surface area contributed by atoms with Crippen molar-refractivity contribution in [2.75, 3.05) is 0 Å². The SMILES string of the molecule is C[C@@H](Cc1ccco1)NS(=O)(=O)c1cccc(F)c1. The Kier molecular flexibility index (Phi) is 4.01. The Morgan fingerprint density at radius 2 is 2.11 bits per heavy atom. The number of halogens is 1. The van der Waals surface area contributed by atoms with Crippen LogP contribution in [0.3, 0.4) is 0 Å². The molecule has 0 aliphatic rings. The van der Waals surface area contributed by atoms with Crippen molar-refractivity contribution >= 4 is 10.0 Å². The molecule has 1 atom stereocenters. The molecule has 1 N–H and O–H groups in total. The molecule has 19 heavy (non-hydrogen) atoms. The zero-order chi connectivity index (χ0) is 13.9. The molecule has 0 radical (unpaired) electrons. The number of sulfonamides is 1. The van der Waals surface area contributed by atoms with Gasteiger partial charge in [-0.25, -0.2) is 17.5 Å². The van der Waals surface area contributed by atoms with E-state index in [4.69, 9.17) is 4.42 Å². The summed E-state index contributed by atoms with van der Waals surface area (Å²) in [6, 6.07) is 8.06. The van der Waals surface area contributed by atoms with E-state index in [0.717, 1.165) is 6.07 Å². The van der Waals surface area contributed by atoms with Crippen LogP contribution in [0.5, 0.6) is 0 Å². The van der Waals surface area contributed by atoms with Crippen LogP contribution in [-0.4, -0.2) is 14.5 Å². The monoisotopic (exact) mass is 283 g/mol. The van der Waals surface area contributed by atoms with Crippen LogP contribution in [0.15, 0.2) is 52.0 Å². The Morgan fingerprint density at radius 3 is 2.74 bits per heavy atom. The summed E-state index contributed by atoms with van der Waals surface area (Å²) >= 11 is 0. The van der Waals surface area contributed by atoms with Gasteiger partial charge in [0, 0.05) is 12.5 Å². The average Bonchev–Trinajstić information content (AvgIpc) is 2.81. The molecule has 0 fully saturated rings. The van der Waals surface area contributed by atoms with Gasteiger partial charge in [0.1, 0.15) is 11.6 Å². The normalized spacial score (nSPS) is 13.4. The number of benzene rings is 1. The Balaban J connectivity index is 2.09. The summed E-state index contributed by atoms with van der Waals surface area (Å²) in [5, 5.41) is 0. The highest BCUT2D eigenvalue weighted by Crippen LogP contribution is 2.12. The van der Waals surface area contributed by atoms with Crippen molar-refractivity contribution in [3.8, 4) is 0 Å². The lowest BCUT2D eigenvalue weighted by atomic mass is 10.2. The average molecular weight is 283 g/mol. The molecule has 0 unspecified atom stereocenters. The minimum Gasteiger partial charge on any atom is -0.469 e. The molecular weight excluding hydrogens is 269 g/mol. The van der Waals surface area contributed by atoms with Crippen molar-refractivity contribution < 1.29 is 17.2 Å². The van der Waals surface area contributed by atoms with Crippen molar-refractivity contribution in [1.29, 1.82) is 0 Å². The first kappa shape index (κ1) is 13.8. The fourth-order valence-electron chi connectivity index (χ4n) is 1.74. The molecule has 0 amide bonds. The van der Waals surface area contributed by atoms with E-state index in [1.165, 1.54) is 24.5 Å². The van der Waals surface area contributed by atoms with Gasteiger partial charge >= 0.3 is 0 Å². The number of hydrogen-bond acceptors (Lipinski definition) is 3. The van der Waals surface area contributed by atoms with E-state index in [2.05, 4.69) is 4.72 Å².